The quantitative estimate of drug-likeness (QED) is 0.772. The first kappa shape index (κ1) is 12.3. The Kier molecular flexibility index (Phi) is 3.98. The van der Waals surface area contributed by atoms with Crippen molar-refractivity contribution in [1.29, 1.82) is 0 Å². The lowest BCUT2D eigenvalue weighted by Crippen LogP contribution is -2.23. The van der Waals surface area contributed by atoms with E-state index >= 15 is 0 Å². The molecule has 0 aliphatic carbocycles. The van der Waals surface area contributed by atoms with Gasteiger partial charge in [0.1, 0.15) is 0 Å². The van der Waals surface area contributed by atoms with Crippen molar-refractivity contribution in [2.24, 2.45) is 7.05 Å². The number of hydrogen-bond donors (Lipinski definition) is 1. The molecule has 1 heterocycles. The standard InChI is InChI=1S/C9H18N4OS/c1-9(2,14-4)5-6-15-8-12-11-7(10)13(8)3/h5-6H2,1-4H3,(H2,10,11). The van der Waals surface area contributed by atoms with Crippen LogP contribution in [0.1, 0.15) is 20.3 Å². The maximum absolute atomic E-state index is 5.58. The molecule has 2 N–H and O–H groups in total. The summed E-state index contributed by atoms with van der Waals surface area (Å²) in [6, 6.07) is 0. The predicted molar refractivity (Wildman–Crippen MR) is 61.8 cm³/mol. The lowest BCUT2D eigenvalue weighted by atomic mass is 10.1. The van der Waals surface area contributed by atoms with Gasteiger partial charge in [-0.05, 0) is 20.3 Å². The number of thioether (sulfide) groups is 1. The van der Waals surface area contributed by atoms with Crippen LogP contribution in [0.2, 0.25) is 0 Å². The van der Waals surface area contributed by atoms with Gasteiger partial charge < -0.3 is 10.5 Å². The number of ether oxygens (including phenoxy) is 1. The Morgan fingerprint density at radius 2 is 2.13 bits per heavy atom. The summed E-state index contributed by atoms with van der Waals surface area (Å²) in [7, 11) is 3.59. The molecule has 0 unspecified atom stereocenters. The second kappa shape index (κ2) is 4.85. The molecule has 0 amide bonds. The van der Waals surface area contributed by atoms with E-state index in [0.717, 1.165) is 17.3 Å². The normalized spacial score (nSPS) is 12.0. The fourth-order valence-corrected chi connectivity index (χ4v) is 2.10. The predicted octanol–water partition coefficient (Wildman–Crippen LogP) is 1.30. The number of rotatable bonds is 5. The van der Waals surface area contributed by atoms with Crippen molar-refractivity contribution in [1.82, 2.24) is 14.8 Å². The van der Waals surface area contributed by atoms with Gasteiger partial charge in [0.15, 0.2) is 5.16 Å². The summed E-state index contributed by atoms with van der Waals surface area (Å²) in [6.07, 6.45) is 0.959. The minimum atomic E-state index is -0.0862. The van der Waals surface area contributed by atoms with Crippen LogP contribution in [0.3, 0.4) is 0 Å². The summed E-state index contributed by atoms with van der Waals surface area (Å²) in [5.74, 6) is 1.39. The van der Waals surface area contributed by atoms with Gasteiger partial charge in [0, 0.05) is 19.9 Å². The number of nitrogens with two attached hydrogens (primary N) is 1. The molecule has 6 heteroatoms. The molecular formula is C9H18N4OS. The molecule has 0 saturated carbocycles. The zero-order valence-corrected chi connectivity index (χ0v) is 10.5. The Balaban J connectivity index is 2.42. The number of anilines is 1. The molecule has 1 aromatic heterocycles. The highest BCUT2D eigenvalue weighted by molar-refractivity contribution is 7.99. The zero-order chi connectivity index (χ0) is 11.5. The van der Waals surface area contributed by atoms with E-state index in [2.05, 4.69) is 24.0 Å². The van der Waals surface area contributed by atoms with E-state index < -0.39 is 0 Å². The number of hydrogen-bond acceptors (Lipinski definition) is 5. The van der Waals surface area contributed by atoms with Crippen molar-refractivity contribution in [3.05, 3.63) is 0 Å². The third-order valence-corrected chi connectivity index (χ3v) is 3.38. The first-order valence-corrected chi connectivity index (χ1v) is 5.77. The lowest BCUT2D eigenvalue weighted by Gasteiger charge is -2.22. The molecule has 0 atom stereocenters. The third kappa shape index (κ3) is 3.39. The highest BCUT2D eigenvalue weighted by atomic mass is 32.2. The fourth-order valence-electron chi connectivity index (χ4n) is 0.942. The van der Waals surface area contributed by atoms with Crippen molar-refractivity contribution in [2.75, 3.05) is 18.6 Å². The van der Waals surface area contributed by atoms with E-state index in [1.807, 2.05) is 7.05 Å². The average molecular weight is 230 g/mol. The first-order chi connectivity index (χ1) is 6.96. The molecule has 0 bridgehead atoms. The van der Waals surface area contributed by atoms with Crippen LogP contribution < -0.4 is 5.73 Å². The smallest absolute Gasteiger partial charge is 0.222 e. The largest absolute Gasteiger partial charge is 0.379 e. The fraction of sp³-hybridized carbons (Fsp3) is 0.778. The Bertz CT molecular complexity index is 324. The topological polar surface area (TPSA) is 66.0 Å². The maximum atomic E-state index is 5.58. The molecule has 0 radical (unpaired) electrons. The van der Waals surface area contributed by atoms with Gasteiger partial charge in [-0.15, -0.1) is 10.2 Å². The van der Waals surface area contributed by atoms with E-state index in [-0.39, 0.29) is 5.60 Å². The molecule has 0 saturated heterocycles. The first-order valence-electron chi connectivity index (χ1n) is 4.79. The van der Waals surface area contributed by atoms with Crippen LogP contribution >= 0.6 is 11.8 Å². The van der Waals surface area contributed by atoms with E-state index in [9.17, 15) is 0 Å². The molecule has 0 fully saturated rings. The van der Waals surface area contributed by atoms with Gasteiger partial charge >= 0.3 is 0 Å². The molecule has 1 aromatic rings. The van der Waals surface area contributed by atoms with Crippen LogP contribution in [0.5, 0.6) is 0 Å². The number of methoxy groups -OCH3 is 1. The SMILES string of the molecule is COC(C)(C)CCSc1nnc(N)n1C. The molecule has 0 spiro atoms. The van der Waals surface area contributed by atoms with Gasteiger partial charge in [-0.3, -0.25) is 4.57 Å². The molecule has 15 heavy (non-hydrogen) atoms. The average Bonchev–Trinajstić information content (AvgIpc) is 2.49. The third-order valence-electron chi connectivity index (χ3n) is 2.36. The van der Waals surface area contributed by atoms with Crippen LogP contribution in [-0.4, -0.2) is 33.2 Å². The Labute approximate surface area is 94.4 Å². The minimum absolute atomic E-state index is 0.0862. The van der Waals surface area contributed by atoms with Crippen molar-refractivity contribution in [3.8, 4) is 0 Å². The molecular weight excluding hydrogens is 212 g/mol. The molecule has 0 aliphatic heterocycles. The van der Waals surface area contributed by atoms with Crippen molar-refractivity contribution >= 4 is 17.7 Å². The summed E-state index contributed by atoms with van der Waals surface area (Å²) in [6.45, 7) is 4.14. The summed E-state index contributed by atoms with van der Waals surface area (Å²) in [5, 5.41) is 8.61. The number of nitrogen functional groups attached to an aromatic ring is 1. The van der Waals surface area contributed by atoms with Crippen LogP contribution in [-0.2, 0) is 11.8 Å². The molecule has 86 valence electrons. The highest BCUT2D eigenvalue weighted by Crippen LogP contribution is 2.22. The van der Waals surface area contributed by atoms with Crippen molar-refractivity contribution in [2.45, 2.75) is 31.0 Å². The van der Waals surface area contributed by atoms with Crippen molar-refractivity contribution < 1.29 is 4.74 Å². The number of nitrogens with zero attached hydrogens (tertiary/aromatic N) is 3. The molecule has 1 rings (SSSR count). The van der Waals surface area contributed by atoms with Crippen LogP contribution in [0.25, 0.3) is 0 Å². The Morgan fingerprint density at radius 3 is 2.60 bits per heavy atom. The van der Waals surface area contributed by atoms with Gasteiger partial charge in [-0.1, -0.05) is 11.8 Å². The summed E-state index contributed by atoms with van der Waals surface area (Å²) < 4.78 is 7.11. The van der Waals surface area contributed by atoms with Gasteiger partial charge in [-0.2, -0.15) is 0 Å². The van der Waals surface area contributed by atoms with Gasteiger partial charge in [0.05, 0.1) is 5.60 Å². The van der Waals surface area contributed by atoms with E-state index in [4.69, 9.17) is 10.5 Å². The summed E-state index contributed by atoms with van der Waals surface area (Å²) in [5.41, 5.74) is 5.49. The van der Waals surface area contributed by atoms with Crippen LogP contribution in [0.4, 0.5) is 5.95 Å². The van der Waals surface area contributed by atoms with Crippen LogP contribution in [0, 0.1) is 0 Å². The van der Waals surface area contributed by atoms with Crippen LogP contribution in [0.15, 0.2) is 5.16 Å². The molecule has 0 aromatic carbocycles. The monoisotopic (exact) mass is 230 g/mol. The molecule has 5 nitrogen and oxygen atoms in total. The maximum Gasteiger partial charge on any atom is 0.222 e. The van der Waals surface area contributed by atoms with Gasteiger partial charge in [-0.25, -0.2) is 0 Å². The van der Waals surface area contributed by atoms with E-state index in [1.165, 1.54) is 0 Å². The van der Waals surface area contributed by atoms with E-state index in [0.29, 0.717) is 5.95 Å². The second-order valence-corrected chi connectivity index (χ2v) is 5.02. The highest BCUT2D eigenvalue weighted by Gasteiger charge is 2.16. The Hall–Kier alpha value is -0.750. The molecule has 0 aliphatic rings. The van der Waals surface area contributed by atoms with Crippen molar-refractivity contribution in [3.63, 3.8) is 0 Å². The van der Waals surface area contributed by atoms with Gasteiger partial charge in [0.25, 0.3) is 0 Å². The van der Waals surface area contributed by atoms with Gasteiger partial charge in [0.2, 0.25) is 5.95 Å². The Morgan fingerprint density at radius 1 is 1.47 bits per heavy atom. The number of aromatic nitrogens is 3. The van der Waals surface area contributed by atoms with E-state index in [1.54, 1.807) is 23.4 Å². The lowest BCUT2D eigenvalue weighted by molar-refractivity contribution is 0.0206. The minimum Gasteiger partial charge on any atom is -0.379 e. The second-order valence-electron chi connectivity index (χ2n) is 3.96. The zero-order valence-electron chi connectivity index (χ0n) is 9.65. The summed E-state index contributed by atoms with van der Waals surface area (Å²) in [4.78, 5) is 0. The summed E-state index contributed by atoms with van der Waals surface area (Å²) >= 11 is 1.64.